The van der Waals surface area contributed by atoms with E-state index in [-0.39, 0.29) is 0 Å². The fraction of sp³-hybridized carbons (Fsp3) is 0.462. The molecule has 3 heterocycles. The van der Waals surface area contributed by atoms with Crippen molar-refractivity contribution in [1.82, 2.24) is 20.3 Å². The topological polar surface area (TPSA) is 53.9 Å². The molecule has 1 N–H and O–H groups in total. The van der Waals surface area contributed by atoms with Crippen LogP contribution in [0.1, 0.15) is 13.3 Å². The first-order valence-corrected chi connectivity index (χ1v) is 6.43. The zero-order chi connectivity index (χ0) is 12.4. The predicted octanol–water partition coefficient (Wildman–Crippen LogP) is 1.21. The van der Waals surface area contributed by atoms with Crippen molar-refractivity contribution in [3.63, 3.8) is 0 Å². The third-order valence-corrected chi connectivity index (χ3v) is 3.43. The Labute approximate surface area is 106 Å². The number of hydrogen-bond acceptors (Lipinski definition) is 5. The summed E-state index contributed by atoms with van der Waals surface area (Å²) in [4.78, 5) is 15.5. The summed E-state index contributed by atoms with van der Waals surface area (Å²) in [6.45, 7) is 5.26. The predicted molar refractivity (Wildman–Crippen MR) is 71.6 cm³/mol. The lowest BCUT2D eigenvalue weighted by atomic mass is 10.2. The summed E-state index contributed by atoms with van der Waals surface area (Å²) in [6.07, 6.45) is 4.56. The van der Waals surface area contributed by atoms with Crippen molar-refractivity contribution >= 4 is 17.0 Å². The third kappa shape index (κ3) is 2.01. The van der Waals surface area contributed by atoms with Gasteiger partial charge in [-0.25, -0.2) is 9.97 Å². The molecule has 5 heteroatoms. The highest BCUT2D eigenvalue weighted by molar-refractivity contribution is 5.71. The standard InChI is InChI=1S/C13H17N5/c1-2-18(10-5-6-14-9-10)12-4-3-11-13(17-12)16-8-7-15-11/h3-4,7-8,10,14H,2,5-6,9H2,1H3. The average Bonchev–Trinajstić information content (AvgIpc) is 2.93. The van der Waals surface area contributed by atoms with Crippen molar-refractivity contribution in [2.24, 2.45) is 0 Å². The van der Waals surface area contributed by atoms with Crippen LogP contribution < -0.4 is 10.2 Å². The fourth-order valence-electron chi connectivity index (χ4n) is 2.52. The molecule has 0 aromatic carbocycles. The van der Waals surface area contributed by atoms with E-state index in [9.17, 15) is 0 Å². The normalized spacial score (nSPS) is 19.3. The molecule has 1 aliphatic heterocycles. The number of nitrogens with zero attached hydrogens (tertiary/aromatic N) is 4. The van der Waals surface area contributed by atoms with E-state index in [2.05, 4.69) is 32.1 Å². The summed E-state index contributed by atoms with van der Waals surface area (Å²) in [6, 6.07) is 4.57. The lowest BCUT2D eigenvalue weighted by Gasteiger charge is -2.28. The number of fused-ring (bicyclic) bond motifs is 1. The van der Waals surface area contributed by atoms with Crippen molar-refractivity contribution < 1.29 is 0 Å². The van der Waals surface area contributed by atoms with Crippen LogP contribution in [0.5, 0.6) is 0 Å². The van der Waals surface area contributed by atoms with Gasteiger partial charge in [0.05, 0.1) is 0 Å². The Bertz CT molecular complexity index is 536. The maximum Gasteiger partial charge on any atom is 0.180 e. The van der Waals surface area contributed by atoms with Crippen molar-refractivity contribution in [2.45, 2.75) is 19.4 Å². The molecule has 0 spiro atoms. The van der Waals surface area contributed by atoms with Crippen molar-refractivity contribution in [3.05, 3.63) is 24.5 Å². The Morgan fingerprint density at radius 3 is 3.00 bits per heavy atom. The van der Waals surface area contributed by atoms with Crippen LogP contribution in [0.4, 0.5) is 5.82 Å². The van der Waals surface area contributed by atoms with Gasteiger partial charge >= 0.3 is 0 Å². The summed E-state index contributed by atoms with van der Waals surface area (Å²) in [5, 5.41) is 3.40. The Hall–Kier alpha value is -1.75. The second-order valence-corrected chi connectivity index (χ2v) is 4.50. The number of nitrogens with one attached hydrogen (secondary N) is 1. The van der Waals surface area contributed by atoms with E-state index in [1.165, 1.54) is 6.42 Å². The molecule has 1 fully saturated rings. The molecule has 0 saturated carbocycles. The number of pyridine rings is 1. The molecular formula is C13H17N5. The third-order valence-electron chi connectivity index (χ3n) is 3.43. The van der Waals surface area contributed by atoms with Crippen LogP contribution in [-0.2, 0) is 0 Å². The van der Waals surface area contributed by atoms with E-state index in [0.29, 0.717) is 6.04 Å². The molecule has 2 aromatic heterocycles. The Morgan fingerprint density at radius 2 is 2.22 bits per heavy atom. The molecule has 18 heavy (non-hydrogen) atoms. The van der Waals surface area contributed by atoms with Crippen LogP contribution in [-0.4, -0.2) is 40.6 Å². The largest absolute Gasteiger partial charge is 0.353 e. The van der Waals surface area contributed by atoms with E-state index in [0.717, 1.165) is 36.6 Å². The highest BCUT2D eigenvalue weighted by Gasteiger charge is 2.22. The number of hydrogen-bond donors (Lipinski definition) is 1. The summed E-state index contributed by atoms with van der Waals surface area (Å²) in [5.74, 6) is 0.999. The average molecular weight is 243 g/mol. The van der Waals surface area contributed by atoms with E-state index in [1.807, 2.05) is 12.1 Å². The van der Waals surface area contributed by atoms with E-state index < -0.39 is 0 Å². The van der Waals surface area contributed by atoms with Gasteiger partial charge in [0.15, 0.2) is 5.65 Å². The van der Waals surface area contributed by atoms with Crippen LogP contribution in [0.2, 0.25) is 0 Å². The molecule has 1 atom stereocenters. The number of anilines is 1. The number of aromatic nitrogens is 3. The van der Waals surface area contributed by atoms with Gasteiger partial charge in [-0.2, -0.15) is 0 Å². The maximum absolute atomic E-state index is 4.62. The van der Waals surface area contributed by atoms with Gasteiger partial charge in [0.25, 0.3) is 0 Å². The molecule has 94 valence electrons. The SMILES string of the molecule is CCN(c1ccc2nccnc2n1)C1CCNC1. The highest BCUT2D eigenvalue weighted by atomic mass is 15.2. The maximum atomic E-state index is 4.62. The molecular weight excluding hydrogens is 226 g/mol. The minimum absolute atomic E-state index is 0.539. The minimum atomic E-state index is 0.539. The van der Waals surface area contributed by atoms with Crippen LogP contribution in [0, 0.1) is 0 Å². The van der Waals surface area contributed by atoms with E-state index >= 15 is 0 Å². The molecule has 0 amide bonds. The molecule has 1 aliphatic rings. The fourth-order valence-corrected chi connectivity index (χ4v) is 2.52. The zero-order valence-corrected chi connectivity index (χ0v) is 10.5. The smallest absolute Gasteiger partial charge is 0.180 e. The molecule has 2 aromatic rings. The quantitative estimate of drug-likeness (QED) is 0.878. The molecule has 0 radical (unpaired) electrons. The highest BCUT2D eigenvalue weighted by Crippen LogP contribution is 2.19. The van der Waals surface area contributed by atoms with Crippen molar-refractivity contribution in [2.75, 3.05) is 24.5 Å². The summed E-state index contributed by atoms with van der Waals surface area (Å²) in [5.41, 5.74) is 1.57. The van der Waals surface area contributed by atoms with Crippen molar-refractivity contribution in [3.8, 4) is 0 Å². The van der Waals surface area contributed by atoms with Crippen LogP contribution in [0.25, 0.3) is 11.2 Å². The molecule has 1 saturated heterocycles. The second-order valence-electron chi connectivity index (χ2n) is 4.50. The molecule has 3 rings (SSSR count). The Morgan fingerprint density at radius 1 is 1.33 bits per heavy atom. The first-order valence-electron chi connectivity index (χ1n) is 6.43. The van der Waals surface area contributed by atoms with E-state index in [4.69, 9.17) is 0 Å². The Kier molecular flexibility index (Phi) is 3.06. The first kappa shape index (κ1) is 11.3. The molecule has 0 bridgehead atoms. The first-order chi connectivity index (χ1) is 8.88. The van der Waals surface area contributed by atoms with Gasteiger partial charge in [-0.3, -0.25) is 4.98 Å². The lowest BCUT2D eigenvalue weighted by Crippen LogP contribution is -2.37. The van der Waals surface area contributed by atoms with Gasteiger partial charge in [0.2, 0.25) is 0 Å². The minimum Gasteiger partial charge on any atom is -0.353 e. The van der Waals surface area contributed by atoms with Gasteiger partial charge in [-0.15, -0.1) is 0 Å². The molecule has 1 unspecified atom stereocenters. The summed E-state index contributed by atoms with van der Waals surface area (Å²) in [7, 11) is 0. The lowest BCUT2D eigenvalue weighted by molar-refractivity contribution is 0.641. The van der Waals surface area contributed by atoms with Gasteiger partial charge in [-0.1, -0.05) is 0 Å². The number of likely N-dealkylation sites (N-methyl/N-ethyl adjacent to an activating group) is 1. The Balaban J connectivity index is 1.96. The van der Waals surface area contributed by atoms with Gasteiger partial charge in [-0.05, 0) is 32.0 Å². The van der Waals surface area contributed by atoms with Gasteiger partial charge in [0.1, 0.15) is 11.3 Å². The monoisotopic (exact) mass is 243 g/mol. The number of rotatable bonds is 3. The van der Waals surface area contributed by atoms with Gasteiger partial charge < -0.3 is 10.2 Å². The summed E-state index contributed by atoms with van der Waals surface area (Å²) < 4.78 is 0. The second kappa shape index (κ2) is 4.86. The van der Waals surface area contributed by atoms with Crippen LogP contribution in [0.3, 0.4) is 0 Å². The van der Waals surface area contributed by atoms with Gasteiger partial charge in [0, 0.05) is 31.5 Å². The van der Waals surface area contributed by atoms with Crippen LogP contribution in [0.15, 0.2) is 24.5 Å². The van der Waals surface area contributed by atoms with Crippen molar-refractivity contribution in [1.29, 1.82) is 0 Å². The molecule has 0 aliphatic carbocycles. The van der Waals surface area contributed by atoms with E-state index in [1.54, 1.807) is 12.4 Å². The van der Waals surface area contributed by atoms with Crippen LogP contribution >= 0.6 is 0 Å². The molecule has 5 nitrogen and oxygen atoms in total. The summed E-state index contributed by atoms with van der Waals surface area (Å²) >= 11 is 0. The zero-order valence-electron chi connectivity index (χ0n) is 10.5.